The van der Waals surface area contributed by atoms with Crippen LogP contribution in [0.25, 0.3) is 27.3 Å². The van der Waals surface area contributed by atoms with E-state index in [-0.39, 0.29) is 18.1 Å². The topological polar surface area (TPSA) is 72.3 Å². The first-order valence-electron chi connectivity index (χ1n) is 10.1. The second-order valence-electron chi connectivity index (χ2n) is 7.57. The first-order valence-corrected chi connectivity index (χ1v) is 10.9. The van der Waals surface area contributed by atoms with Gasteiger partial charge in [-0.2, -0.15) is 4.52 Å². The van der Waals surface area contributed by atoms with E-state index >= 15 is 0 Å². The van der Waals surface area contributed by atoms with Crippen LogP contribution in [-0.4, -0.2) is 19.6 Å². The number of nitrogens with zero attached hydrogens (tertiary/aromatic N) is 3. The van der Waals surface area contributed by atoms with Crippen molar-refractivity contribution in [3.63, 3.8) is 0 Å². The number of para-hydroxylation sites is 1. The van der Waals surface area contributed by atoms with Crippen LogP contribution in [0.5, 0.6) is 5.75 Å². The van der Waals surface area contributed by atoms with Crippen molar-refractivity contribution in [2.45, 2.75) is 25.9 Å². The van der Waals surface area contributed by atoms with Crippen molar-refractivity contribution < 1.29 is 9.13 Å². The largest absolute Gasteiger partial charge is 0.488 e. The number of H-pyrrole nitrogens is 1. The molecule has 0 radical (unpaired) electrons. The van der Waals surface area contributed by atoms with Gasteiger partial charge >= 0.3 is 5.69 Å². The van der Waals surface area contributed by atoms with Gasteiger partial charge in [0.15, 0.2) is 11.5 Å². The number of nitrogens with one attached hydrogen (secondary N) is 1. The summed E-state index contributed by atoms with van der Waals surface area (Å²) >= 11 is 1.64. The van der Waals surface area contributed by atoms with Gasteiger partial charge in [0.2, 0.25) is 0 Å². The van der Waals surface area contributed by atoms with Crippen molar-refractivity contribution in [1.29, 1.82) is 0 Å². The molecule has 1 aliphatic carbocycles. The SMILES string of the molecule is O=c1[nH]c2sc3c(c2c2nc(-c4ccccc4OCc4ccc(F)cc4)nn12)CCC3. The van der Waals surface area contributed by atoms with E-state index in [1.54, 1.807) is 23.5 Å². The number of aromatic nitrogens is 4. The van der Waals surface area contributed by atoms with Crippen LogP contribution in [0.1, 0.15) is 22.4 Å². The Morgan fingerprint density at radius 1 is 1.13 bits per heavy atom. The lowest BCUT2D eigenvalue weighted by atomic mass is 10.2. The third kappa shape index (κ3) is 3.02. The molecule has 2 aromatic carbocycles. The fraction of sp³-hybridized carbons (Fsp3) is 0.174. The number of rotatable bonds is 4. The molecule has 0 aliphatic heterocycles. The maximum atomic E-state index is 13.2. The molecule has 0 atom stereocenters. The Bertz CT molecular complexity index is 1500. The number of ether oxygens (including phenoxy) is 1. The minimum absolute atomic E-state index is 0.283. The molecule has 0 unspecified atom stereocenters. The molecule has 0 amide bonds. The van der Waals surface area contributed by atoms with E-state index in [0.717, 1.165) is 35.0 Å². The second kappa shape index (κ2) is 7.02. The zero-order chi connectivity index (χ0) is 20.9. The lowest BCUT2D eigenvalue weighted by Gasteiger charge is -2.09. The molecule has 0 saturated carbocycles. The van der Waals surface area contributed by atoms with Gasteiger partial charge < -0.3 is 4.74 Å². The van der Waals surface area contributed by atoms with E-state index in [4.69, 9.17) is 9.72 Å². The third-order valence-electron chi connectivity index (χ3n) is 5.60. The number of hydrogen-bond acceptors (Lipinski definition) is 5. The van der Waals surface area contributed by atoms with Gasteiger partial charge in [-0.1, -0.05) is 24.3 Å². The van der Waals surface area contributed by atoms with Crippen LogP contribution in [0, 0.1) is 5.82 Å². The highest BCUT2D eigenvalue weighted by Crippen LogP contribution is 2.38. The van der Waals surface area contributed by atoms with Crippen LogP contribution in [0.4, 0.5) is 4.39 Å². The summed E-state index contributed by atoms with van der Waals surface area (Å²) in [5.41, 5.74) is 3.12. The first-order chi connectivity index (χ1) is 15.2. The van der Waals surface area contributed by atoms with Gasteiger partial charge in [-0.3, -0.25) is 4.98 Å². The smallest absolute Gasteiger partial charge is 0.349 e. The van der Waals surface area contributed by atoms with Crippen LogP contribution in [0.2, 0.25) is 0 Å². The summed E-state index contributed by atoms with van der Waals surface area (Å²) < 4.78 is 20.5. The van der Waals surface area contributed by atoms with E-state index in [9.17, 15) is 9.18 Å². The average Bonchev–Trinajstić information content (AvgIpc) is 3.48. The van der Waals surface area contributed by atoms with Gasteiger partial charge in [-0.15, -0.1) is 16.4 Å². The maximum Gasteiger partial charge on any atom is 0.349 e. The summed E-state index contributed by atoms with van der Waals surface area (Å²) in [4.78, 5) is 22.5. The van der Waals surface area contributed by atoms with E-state index in [2.05, 4.69) is 10.1 Å². The number of aromatic amines is 1. The fourth-order valence-corrected chi connectivity index (χ4v) is 5.40. The van der Waals surface area contributed by atoms with Gasteiger partial charge in [0.1, 0.15) is 23.0 Å². The molecule has 154 valence electrons. The standard InChI is InChI=1S/C23H17FN4O2S/c24-14-10-8-13(9-11-14)12-30-17-6-2-1-4-15(17)20-25-21-19-16-5-3-7-18(16)31-22(19)26-23(29)28(21)27-20/h1-2,4,6,8-11H,3,5,7,12H2,(H,26,29). The molecule has 31 heavy (non-hydrogen) atoms. The van der Waals surface area contributed by atoms with Crippen molar-refractivity contribution in [2.75, 3.05) is 0 Å². The van der Waals surface area contributed by atoms with Crippen LogP contribution in [0.15, 0.2) is 53.3 Å². The zero-order valence-electron chi connectivity index (χ0n) is 16.4. The summed E-state index contributed by atoms with van der Waals surface area (Å²) in [6.07, 6.45) is 3.17. The van der Waals surface area contributed by atoms with Crippen LogP contribution in [0.3, 0.4) is 0 Å². The number of fused-ring (bicyclic) bond motifs is 5. The Labute approximate surface area is 180 Å². The number of aryl methyl sites for hydroxylation is 2. The number of halogens is 1. The van der Waals surface area contributed by atoms with Crippen molar-refractivity contribution in [1.82, 2.24) is 19.6 Å². The highest BCUT2D eigenvalue weighted by Gasteiger charge is 2.23. The second-order valence-corrected chi connectivity index (χ2v) is 8.68. The Morgan fingerprint density at radius 2 is 1.97 bits per heavy atom. The fourth-order valence-electron chi connectivity index (χ4n) is 4.13. The minimum Gasteiger partial charge on any atom is -0.488 e. The number of thiophene rings is 1. The molecule has 1 N–H and O–H groups in total. The summed E-state index contributed by atoms with van der Waals surface area (Å²) in [5, 5.41) is 5.50. The molecule has 0 fully saturated rings. The third-order valence-corrected chi connectivity index (χ3v) is 6.81. The molecule has 5 aromatic rings. The molecule has 8 heteroatoms. The Hall–Kier alpha value is -3.52. The summed E-state index contributed by atoms with van der Waals surface area (Å²) in [6, 6.07) is 13.7. The number of benzene rings is 2. The van der Waals surface area contributed by atoms with E-state index in [0.29, 0.717) is 22.8 Å². The minimum atomic E-state index is -0.300. The Kier molecular flexibility index (Phi) is 4.14. The van der Waals surface area contributed by atoms with Crippen LogP contribution >= 0.6 is 11.3 Å². The summed E-state index contributed by atoms with van der Waals surface area (Å²) in [6.45, 7) is 0.285. The van der Waals surface area contributed by atoms with E-state index in [1.807, 2.05) is 24.3 Å². The molecule has 0 spiro atoms. The van der Waals surface area contributed by atoms with Crippen molar-refractivity contribution in [2.24, 2.45) is 0 Å². The molecule has 3 aromatic heterocycles. The predicted octanol–water partition coefficient (Wildman–Crippen LogP) is 4.51. The van der Waals surface area contributed by atoms with Gasteiger partial charge in [0.25, 0.3) is 0 Å². The lowest BCUT2D eigenvalue weighted by molar-refractivity contribution is 0.307. The van der Waals surface area contributed by atoms with Crippen molar-refractivity contribution in [3.05, 3.63) is 80.8 Å². The van der Waals surface area contributed by atoms with Gasteiger partial charge in [-0.25, -0.2) is 14.2 Å². The predicted molar refractivity (Wildman–Crippen MR) is 117 cm³/mol. The molecule has 6 rings (SSSR count). The zero-order valence-corrected chi connectivity index (χ0v) is 17.2. The molecule has 6 nitrogen and oxygen atoms in total. The molecule has 3 heterocycles. The van der Waals surface area contributed by atoms with Gasteiger partial charge in [0.05, 0.1) is 10.9 Å². The molecule has 0 saturated heterocycles. The lowest BCUT2D eigenvalue weighted by Crippen LogP contribution is -2.17. The van der Waals surface area contributed by atoms with Crippen LogP contribution < -0.4 is 10.4 Å². The molecule has 0 bridgehead atoms. The van der Waals surface area contributed by atoms with Gasteiger partial charge in [0, 0.05) is 4.88 Å². The maximum absolute atomic E-state index is 13.2. The molecule has 1 aliphatic rings. The monoisotopic (exact) mass is 432 g/mol. The highest BCUT2D eigenvalue weighted by atomic mass is 32.1. The first kappa shape index (κ1) is 18.3. The average molecular weight is 432 g/mol. The Morgan fingerprint density at radius 3 is 2.84 bits per heavy atom. The van der Waals surface area contributed by atoms with Crippen molar-refractivity contribution >= 4 is 27.2 Å². The van der Waals surface area contributed by atoms with Crippen molar-refractivity contribution in [3.8, 4) is 17.1 Å². The Balaban J connectivity index is 1.44. The van der Waals surface area contributed by atoms with E-state index < -0.39 is 0 Å². The van der Waals surface area contributed by atoms with E-state index in [1.165, 1.54) is 27.1 Å². The van der Waals surface area contributed by atoms with Gasteiger partial charge in [-0.05, 0) is 54.7 Å². The number of hydrogen-bond donors (Lipinski definition) is 1. The summed E-state index contributed by atoms with van der Waals surface area (Å²) in [5.74, 6) is 0.756. The normalized spacial score (nSPS) is 13.2. The quantitative estimate of drug-likeness (QED) is 0.454. The molecular formula is C23H17FN4O2S. The molecular weight excluding hydrogens is 415 g/mol. The van der Waals surface area contributed by atoms with Crippen LogP contribution in [-0.2, 0) is 19.4 Å². The highest BCUT2D eigenvalue weighted by molar-refractivity contribution is 7.19. The summed E-state index contributed by atoms with van der Waals surface area (Å²) in [7, 11) is 0.